The van der Waals surface area contributed by atoms with Crippen LogP contribution in [-0.4, -0.2) is 11.8 Å². The molecule has 0 aromatic carbocycles. The Morgan fingerprint density at radius 2 is 2.10 bits per heavy atom. The predicted molar refractivity (Wildman–Crippen MR) is 42.8 cm³/mol. The van der Waals surface area contributed by atoms with Gasteiger partial charge in [-0.1, -0.05) is 26.2 Å². The first-order valence-electron chi connectivity index (χ1n) is 3.94. The van der Waals surface area contributed by atoms with Crippen molar-refractivity contribution in [3.05, 3.63) is 0 Å². The third-order valence-corrected chi connectivity index (χ3v) is 1.64. The highest BCUT2D eigenvalue weighted by molar-refractivity contribution is 5.80. The molecular weight excluding hydrogens is 126 g/mol. The number of nitrogens with two attached hydrogens (primary N) is 1. The summed E-state index contributed by atoms with van der Waals surface area (Å²) in [5, 5.41) is 0. The van der Waals surface area contributed by atoms with Gasteiger partial charge >= 0.3 is 0 Å². The third-order valence-electron chi connectivity index (χ3n) is 1.64. The molecule has 0 saturated heterocycles. The molecule has 2 heteroatoms. The van der Waals surface area contributed by atoms with Crippen LogP contribution in [0.5, 0.6) is 0 Å². The molecule has 0 fully saturated rings. The zero-order valence-corrected chi connectivity index (χ0v) is 6.89. The van der Waals surface area contributed by atoms with Crippen LogP contribution in [0.25, 0.3) is 0 Å². The van der Waals surface area contributed by atoms with Crippen molar-refractivity contribution in [2.24, 2.45) is 5.73 Å². The third kappa shape index (κ3) is 4.50. The fourth-order valence-electron chi connectivity index (χ4n) is 0.818. The summed E-state index contributed by atoms with van der Waals surface area (Å²) in [6.45, 7) is 3.69. The highest BCUT2D eigenvalue weighted by Crippen LogP contribution is 2.01. The van der Waals surface area contributed by atoms with E-state index >= 15 is 0 Å². The molecule has 1 atom stereocenters. The van der Waals surface area contributed by atoms with Gasteiger partial charge in [0.15, 0.2) is 0 Å². The lowest BCUT2D eigenvalue weighted by Gasteiger charge is -2.05. The maximum atomic E-state index is 10.6. The molecule has 0 spiro atoms. The van der Waals surface area contributed by atoms with Crippen LogP contribution in [0.1, 0.15) is 39.5 Å². The molecule has 0 aromatic heterocycles. The number of hydrogen-bond donors (Lipinski definition) is 1. The van der Waals surface area contributed by atoms with Gasteiger partial charge in [-0.15, -0.1) is 0 Å². The van der Waals surface area contributed by atoms with E-state index in [1.807, 2.05) is 0 Å². The fraction of sp³-hybridized carbons (Fsp3) is 0.875. The maximum absolute atomic E-state index is 10.6. The monoisotopic (exact) mass is 143 g/mol. The second kappa shape index (κ2) is 5.42. The summed E-state index contributed by atoms with van der Waals surface area (Å²) in [5.74, 6) is 0.108. The van der Waals surface area contributed by atoms with Crippen LogP contribution in [0, 0.1) is 0 Å². The molecule has 0 aliphatic carbocycles. The molecule has 0 aliphatic rings. The van der Waals surface area contributed by atoms with Crippen LogP contribution < -0.4 is 5.73 Å². The van der Waals surface area contributed by atoms with Gasteiger partial charge in [0, 0.05) is 0 Å². The van der Waals surface area contributed by atoms with Crippen molar-refractivity contribution >= 4 is 5.78 Å². The number of carbonyl (C=O) groups is 1. The van der Waals surface area contributed by atoms with Gasteiger partial charge in [0.2, 0.25) is 0 Å². The highest BCUT2D eigenvalue weighted by Gasteiger charge is 2.05. The second-order valence-corrected chi connectivity index (χ2v) is 2.71. The highest BCUT2D eigenvalue weighted by atomic mass is 16.1. The lowest BCUT2D eigenvalue weighted by Crippen LogP contribution is -2.27. The summed E-state index contributed by atoms with van der Waals surface area (Å²) in [5.41, 5.74) is 5.51. The minimum Gasteiger partial charge on any atom is -0.322 e. The van der Waals surface area contributed by atoms with E-state index in [1.54, 1.807) is 6.92 Å². The van der Waals surface area contributed by atoms with E-state index in [0.29, 0.717) is 0 Å². The summed E-state index contributed by atoms with van der Waals surface area (Å²) >= 11 is 0. The van der Waals surface area contributed by atoms with E-state index in [2.05, 4.69) is 6.92 Å². The van der Waals surface area contributed by atoms with Gasteiger partial charge in [0.05, 0.1) is 6.04 Å². The number of rotatable bonds is 5. The summed E-state index contributed by atoms with van der Waals surface area (Å²) in [6, 6.07) is -0.216. The van der Waals surface area contributed by atoms with E-state index < -0.39 is 0 Å². The Labute approximate surface area is 62.8 Å². The van der Waals surface area contributed by atoms with Gasteiger partial charge in [-0.05, 0) is 13.3 Å². The molecule has 2 N–H and O–H groups in total. The SMILES string of the molecule is CCCCC[C@@H](N)C(C)=O. The zero-order chi connectivity index (χ0) is 7.98. The van der Waals surface area contributed by atoms with Gasteiger partial charge in [-0.3, -0.25) is 4.79 Å². The molecule has 0 unspecified atom stereocenters. The summed E-state index contributed by atoms with van der Waals surface area (Å²) in [7, 11) is 0. The van der Waals surface area contributed by atoms with Crippen molar-refractivity contribution in [3.63, 3.8) is 0 Å². The normalized spacial score (nSPS) is 13.1. The molecule has 2 nitrogen and oxygen atoms in total. The Hall–Kier alpha value is -0.370. The van der Waals surface area contributed by atoms with Crippen LogP contribution in [-0.2, 0) is 4.79 Å². The minimum atomic E-state index is -0.216. The molecule has 0 aliphatic heterocycles. The maximum Gasteiger partial charge on any atom is 0.146 e. The fourth-order valence-corrected chi connectivity index (χ4v) is 0.818. The summed E-state index contributed by atoms with van der Waals surface area (Å²) < 4.78 is 0. The van der Waals surface area contributed by atoms with Crippen LogP contribution >= 0.6 is 0 Å². The Bertz CT molecular complexity index is 101. The lowest BCUT2D eigenvalue weighted by atomic mass is 10.1. The van der Waals surface area contributed by atoms with Crippen molar-refractivity contribution in [1.82, 2.24) is 0 Å². The average Bonchev–Trinajstić information content (AvgIpc) is 1.88. The van der Waals surface area contributed by atoms with E-state index in [4.69, 9.17) is 5.73 Å². The molecule has 0 heterocycles. The second-order valence-electron chi connectivity index (χ2n) is 2.71. The number of carbonyl (C=O) groups excluding carboxylic acids is 1. The first-order chi connectivity index (χ1) is 4.68. The van der Waals surface area contributed by atoms with Crippen LogP contribution in [0.15, 0.2) is 0 Å². The van der Waals surface area contributed by atoms with Crippen molar-refractivity contribution in [2.45, 2.75) is 45.6 Å². The van der Waals surface area contributed by atoms with Crippen molar-refractivity contribution in [1.29, 1.82) is 0 Å². The Kier molecular flexibility index (Phi) is 5.22. The molecule has 60 valence electrons. The number of unbranched alkanes of at least 4 members (excludes halogenated alkanes) is 2. The molecule has 0 bridgehead atoms. The van der Waals surface area contributed by atoms with Gasteiger partial charge < -0.3 is 5.73 Å². The van der Waals surface area contributed by atoms with Crippen LogP contribution in [0.4, 0.5) is 0 Å². The van der Waals surface area contributed by atoms with E-state index in [-0.39, 0.29) is 11.8 Å². The van der Waals surface area contributed by atoms with Gasteiger partial charge in [0.25, 0.3) is 0 Å². The van der Waals surface area contributed by atoms with Crippen LogP contribution in [0.3, 0.4) is 0 Å². The van der Waals surface area contributed by atoms with E-state index in [9.17, 15) is 4.79 Å². The first kappa shape index (κ1) is 9.63. The zero-order valence-electron chi connectivity index (χ0n) is 6.89. The predicted octanol–water partition coefficient (Wildman–Crippen LogP) is 1.48. The largest absolute Gasteiger partial charge is 0.322 e. The molecule has 10 heavy (non-hydrogen) atoms. The lowest BCUT2D eigenvalue weighted by molar-refractivity contribution is -0.118. The number of ketones is 1. The van der Waals surface area contributed by atoms with Gasteiger partial charge in [0.1, 0.15) is 5.78 Å². The Morgan fingerprint density at radius 3 is 2.50 bits per heavy atom. The van der Waals surface area contributed by atoms with Gasteiger partial charge in [-0.25, -0.2) is 0 Å². The number of hydrogen-bond acceptors (Lipinski definition) is 2. The molecule has 0 aromatic rings. The van der Waals surface area contributed by atoms with E-state index in [1.165, 1.54) is 12.8 Å². The molecule has 0 saturated carbocycles. The Balaban J connectivity index is 3.21. The topological polar surface area (TPSA) is 43.1 Å². The standard InChI is InChI=1S/C8H17NO/c1-3-4-5-6-8(9)7(2)10/h8H,3-6,9H2,1-2H3/t8-/m1/s1. The quantitative estimate of drug-likeness (QED) is 0.592. The van der Waals surface area contributed by atoms with Crippen LogP contribution in [0.2, 0.25) is 0 Å². The summed E-state index contributed by atoms with van der Waals surface area (Å²) in [6.07, 6.45) is 4.30. The minimum absolute atomic E-state index is 0.108. The molecular formula is C8H17NO. The smallest absolute Gasteiger partial charge is 0.146 e. The van der Waals surface area contributed by atoms with Crippen molar-refractivity contribution < 1.29 is 4.79 Å². The van der Waals surface area contributed by atoms with E-state index in [0.717, 1.165) is 12.8 Å². The number of Topliss-reactive ketones (excluding diaryl/α,β-unsaturated/α-hetero) is 1. The Morgan fingerprint density at radius 1 is 1.50 bits per heavy atom. The molecule has 0 radical (unpaired) electrons. The van der Waals surface area contributed by atoms with Crippen molar-refractivity contribution in [2.75, 3.05) is 0 Å². The first-order valence-corrected chi connectivity index (χ1v) is 3.94. The molecule has 0 amide bonds. The summed E-state index contributed by atoms with van der Waals surface area (Å²) in [4.78, 5) is 10.6. The average molecular weight is 143 g/mol. The van der Waals surface area contributed by atoms with Crippen molar-refractivity contribution in [3.8, 4) is 0 Å². The molecule has 0 rings (SSSR count). The van der Waals surface area contributed by atoms with Gasteiger partial charge in [-0.2, -0.15) is 0 Å².